The maximum absolute atomic E-state index is 10.2. The monoisotopic (exact) mass is 178 g/mol. The quantitative estimate of drug-likeness (QED) is 0.654. The number of quaternary nitrogens is 1. The largest absolute Gasteiger partial charge is 0.216 e. The van der Waals surface area contributed by atoms with Crippen LogP contribution in [-0.4, -0.2) is 15.9 Å². The Labute approximate surface area is 79.0 Å². The molecule has 1 aliphatic heterocycles. The lowest BCUT2D eigenvalue weighted by Gasteiger charge is -2.28. The van der Waals surface area contributed by atoms with Gasteiger partial charge >= 0.3 is 0 Å². The van der Waals surface area contributed by atoms with Crippen molar-refractivity contribution in [3.63, 3.8) is 0 Å². The normalized spacial score (nSPS) is 19.1. The zero-order valence-electron chi connectivity index (χ0n) is 8.20. The molecule has 0 aliphatic carbocycles. The fraction of sp³-hybridized carbons (Fsp3) is 0.455. The van der Waals surface area contributed by atoms with Crippen LogP contribution in [0.3, 0.4) is 0 Å². The van der Waals surface area contributed by atoms with Gasteiger partial charge in [0, 0.05) is 11.1 Å². The van der Waals surface area contributed by atoms with E-state index in [-0.39, 0.29) is 10.7 Å². The molecule has 1 heterocycles. The first kappa shape index (κ1) is 8.73. The predicted octanol–water partition coefficient (Wildman–Crippen LogP) is 2.31. The summed E-state index contributed by atoms with van der Waals surface area (Å²) in [5.41, 5.74) is 2.58. The minimum Gasteiger partial charge on any atom is -0.216 e. The molecule has 0 aromatic heterocycles. The molecule has 0 fully saturated rings. The van der Waals surface area contributed by atoms with Gasteiger partial charge in [-0.25, -0.2) is 5.21 Å². The Bertz CT molecular complexity index is 295. The lowest BCUT2D eigenvalue weighted by molar-refractivity contribution is -1.13. The third-order valence-corrected chi connectivity index (χ3v) is 2.97. The highest BCUT2D eigenvalue weighted by Crippen LogP contribution is 2.29. The molecule has 2 rings (SSSR count). The number of hydrogen-bond donors (Lipinski definition) is 1. The second-order valence-corrected chi connectivity index (χ2v) is 4.17. The van der Waals surface area contributed by atoms with E-state index >= 15 is 0 Å². The van der Waals surface area contributed by atoms with Crippen LogP contribution in [0.1, 0.15) is 25.0 Å². The number of fused-ring (bicyclic) bond motifs is 1. The second-order valence-electron chi connectivity index (χ2n) is 4.17. The average molecular weight is 178 g/mol. The van der Waals surface area contributed by atoms with Crippen LogP contribution in [0.25, 0.3) is 0 Å². The minimum atomic E-state index is 0.166. The summed E-state index contributed by atoms with van der Waals surface area (Å²) in [6.45, 7) is 5.64. The molecule has 0 atom stereocenters. The molecular formula is C11H16NO+. The van der Waals surface area contributed by atoms with Crippen molar-refractivity contribution >= 4 is 0 Å². The third-order valence-electron chi connectivity index (χ3n) is 2.97. The van der Waals surface area contributed by atoms with Crippen molar-refractivity contribution in [2.75, 3.05) is 0 Å². The van der Waals surface area contributed by atoms with Gasteiger partial charge in [0.1, 0.15) is 19.1 Å². The van der Waals surface area contributed by atoms with Gasteiger partial charge in [-0.1, -0.05) is 24.3 Å². The summed E-state index contributed by atoms with van der Waals surface area (Å²) in [7, 11) is 0. The highest BCUT2D eigenvalue weighted by Gasteiger charge is 2.37. The zero-order valence-corrected chi connectivity index (χ0v) is 8.20. The molecule has 1 aromatic carbocycles. The lowest BCUT2D eigenvalue weighted by Crippen LogP contribution is -2.45. The Morgan fingerprint density at radius 1 is 1.15 bits per heavy atom. The fourth-order valence-corrected chi connectivity index (χ4v) is 1.88. The van der Waals surface area contributed by atoms with Crippen molar-refractivity contribution in [2.24, 2.45) is 0 Å². The summed E-state index contributed by atoms with van der Waals surface area (Å²) >= 11 is 0. The topological polar surface area (TPSA) is 20.2 Å². The predicted molar refractivity (Wildman–Crippen MR) is 51.0 cm³/mol. The molecule has 0 amide bonds. The first-order chi connectivity index (χ1) is 6.12. The van der Waals surface area contributed by atoms with Gasteiger partial charge in [0.25, 0.3) is 0 Å². The highest BCUT2D eigenvalue weighted by molar-refractivity contribution is 5.27. The van der Waals surface area contributed by atoms with Crippen molar-refractivity contribution in [2.45, 2.75) is 33.0 Å². The van der Waals surface area contributed by atoms with Gasteiger partial charge in [0.15, 0.2) is 0 Å². The molecule has 2 heteroatoms. The van der Waals surface area contributed by atoms with Crippen LogP contribution < -0.4 is 0 Å². The zero-order chi connectivity index (χ0) is 9.47. The minimum absolute atomic E-state index is 0.166. The molecule has 1 N–H and O–H groups in total. The number of hydroxylamine groups is 3. The van der Waals surface area contributed by atoms with Crippen LogP contribution in [0.15, 0.2) is 24.3 Å². The third kappa shape index (κ3) is 1.36. The van der Waals surface area contributed by atoms with E-state index in [0.717, 1.165) is 13.1 Å². The molecule has 0 unspecified atom stereocenters. The molecule has 13 heavy (non-hydrogen) atoms. The van der Waals surface area contributed by atoms with Gasteiger partial charge in [-0.05, 0) is 13.8 Å². The van der Waals surface area contributed by atoms with Crippen LogP contribution in [0.5, 0.6) is 0 Å². The van der Waals surface area contributed by atoms with E-state index in [2.05, 4.69) is 26.0 Å². The summed E-state index contributed by atoms with van der Waals surface area (Å²) in [4.78, 5) is 0. The van der Waals surface area contributed by atoms with E-state index < -0.39 is 0 Å². The highest BCUT2D eigenvalue weighted by atomic mass is 16.5. The van der Waals surface area contributed by atoms with Gasteiger partial charge < -0.3 is 0 Å². The van der Waals surface area contributed by atoms with E-state index in [0.29, 0.717) is 0 Å². The van der Waals surface area contributed by atoms with Crippen molar-refractivity contribution in [1.82, 2.24) is 0 Å². The maximum Gasteiger partial charge on any atom is 0.135 e. The molecule has 0 bridgehead atoms. The summed E-state index contributed by atoms with van der Waals surface area (Å²) in [6.07, 6.45) is 0. The molecule has 70 valence electrons. The number of nitrogens with zero attached hydrogens (tertiary/aromatic N) is 1. The standard InChI is InChI=1S/C11H16NO/c1-9(2)12(13)7-10-5-3-4-6-11(10)8-12/h3-6,9,13H,7-8H2,1-2H3/q+1. The van der Waals surface area contributed by atoms with Crippen LogP contribution >= 0.6 is 0 Å². The Hall–Kier alpha value is -0.860. The summed E-state index contributed by atoms with van der Waals surface area (Å²) in [5, 5.41) is 10.2. The Morgan fingerprint density at radius 3 is 2.00 bits per heavy atom. The Morgan fingerprint density at radius 2 is 1.62 bits per heavy atom. The molecule has 0 saturated heterocycles. The lowest BCUT2D eigenvalue weighted by atomic mass is 10.1. The van der Waals surface area contributed by atoms with E-state index in [9.17, 15) is 5.21 Å². The van der Waals surface area contributed by atoms with Crippen molar-refractivity contribution in [3.8, 4) is 0 Å². The maximum atomic E-state index is 10.2. The average Bonchev–Trinajstić information content (AvgIpc) is 2.42. The van der Waals surface area contributed by atoms with Gasteiger partial charge in [0.2, 0.25) is 0 Å². The van der Waals surface area contributed by atoms with E-state index in [1.165, 1.54) is 11.1 Å². The summed E-state index contributed by atoms with van der Waals surface area (Å²) < 4.78 is 0.166. The van der Waals surface area contributed by atoms with Crippen LogP contribution in [-0.2, 0) is 13.1 Å². The molecule has 1 aliphatic rings. The van der Waals surface area contributed by atoms with Gasteiger partial charge in [-0.3, -0.25) is 0 Å². The van der Waals surface area contributed by atoms with Crippen molar-refractivity contribution < 1.29 is 9.85 Å². The van der Waals surface area contributed by atoms with E-state index in [4.69, 9.17) is 0 Å². The Kier molecular flexibility index (Phi) is 1.90. The molecule has 2 nitrogen and oxygen atoms in total. The van der Waals surface area contributed by atoms with Gasteiger partial charge in [-0.2, -0.15) is 4.65 Å². The smallest absolute Gasteiger partial charge is 0.135 e. The van der Waals surface area contributed by atoms with E-state index in [1.807, 2.05) is 12.1 Å². The number of hydrogen-bond acceptors (Lipinski definition) is 1. The van der Waals surface area contributed by atoms with Gasteiger partial charge in [-0.15, -0.1) is 0 Å². The molecule has 1 aromatic rings. The van der Waals surface area contributed by atoms with Crippen LogP contribution in [0.2, 0.25) is 0 Å². The molecule has 0 spiro atoms. The molecule has 0 saturated carbocycles. The van der Waals surface area contributed by atoms with E-state index in [1.54, 1.807) is 0 Å². The SMILES string of the molecule is CC(C)[N+]1(O)Cc2ccccc2C1. The second kappa shape index (κ2) is 2.82. The molecule has 0 radical (unpaired) electrons. The van der Waals surface area contributed by atoms with Crippen LogP contribution in [0, 0.1) is 0 Å². The number of benzene rings is 1. The summed E-state index contributed by atoms with van der Waals surface area (Å²) in [6, 6.07) is 8.55. The number of rotatable bonds is 1. The fourth-order valence-electron chi connectivity index (χ4n) is 1.88. The van der Waals surface area contributed by atoms with Crippen molar-refractivity contribution in [1.29, 1.82) is 0 Å². The first-order valence-corrected chi connectivity index (χ1v) is 4.78. The molecular weight excluding hydrogens is 162 g/mol. The van der Waals surface area contributed by atoms with Crippen molar-refractivity contribution in [3.05, 3.63) is 35.4 Å². The first-order valence-electron chi connectivity index (χ1n) is 4.78. The van der Waals surface area contributed by atoms with Gasteiger partial charge in [0.05, 0.1) is 0 Å². The van der Waals surface area contributed by atoms with Crippen LogP contribution in [0.4, 0.5) is 0 Å². The summed E-state index contributed by atoms with van der Waals surface area (Å²) in [5.74, 6) is 0. The Balaban J connectivity index is 2.32.